The molecule has 0 spiro atoms. The van der Waals surface area contributed by atoms with Crippen LogP contribution in [0.4, 0.5) is 0 Å². The molecule has 1 nitrogen and oxygen atoms in total. The molecule has 2 unspecified atom stereocenters. The van der Waals surface area contributed by atoms with E-state index in [9.17, 15) is 0 Å². The Morgan fingerprint density at radius 2 is 2.33 bits per heavy atom. The third kappa shape index (κ3) is 2.58. The summed E-state index contributed by atoms with van der Waals surface area (Å²) < 4.78 is 1.20. The second-order valence-electron chi connectivity index (χ2n) is 3.99. The average molecular weight is 286 g/mol. The first-order chi connectivity index (χ1) is 7.20. The van der Waals surface area contributed by atoms with Gasteiger partial charge in [0.05, 0.1) is 5.37 Å². The Hall–Kier alpha value is 0.01000. The quantitative estimate of drug-likeness (QED) is 0.885. The molecule has 3 heteroatoms. The Morgan fingerprint density at radius 3 is 2.93 bits per heavy atom. The van der Waals surface area contributed by atoms with Gasteiger partial charge < -0.3 is 0 Å². The largest absolute Gasteiger partial charge is 0.298 e. The topological polar surface area (TPSA) is 12.0 Å². The standard InChI is InChI=1S/C12H16BrNS/c1-3-10-7-15-12(14-10)9-4-5-11(13)8(2)6-9/h4-6,10,12,14H,3,7H2,1-2H3. The lowest BCUT2D eigenvalue weighted by molar-refractivity contribution is 0.561. The third-order valence-corrected chi connectivity index (χ3v) is 5.05. The summed E-state index contributed by atoms with van der Waals surface area (Å²) in [6, 6.07) is 7.31. The predicted molar refractivity (Wildman–Crippen MR) is 71.3 cm³/mol. The molecule has 2 atom stereocenters. The molecular formula is C12H16BrNS. The number of benzene rings is 1. The van der Waals surface area contributed by atoms with E-state index in [2.05, 4.69) is 53.3 Å². The van der Waals surface area contributed by atoms with Crippen molar-refractivity contribution in [2.75, 3.05) is 5.75 Å². The summed E-state index contributed by atoms with van der Waals surface area (Å²) in [7, 11) is 0. The Bertz CT molecular complexity index is 353. The molecule has 0 amide bonds. The molecule has 2 rings (SSSR count). The van der Waals surface area contributed by atoms with Gasteiger partial charge in [-0.3, -0.25) is 5.32 Å². The van der Waals surface area contributed by atoms with Gasteiger partial charge in [0, 0.05) is 16.3 Å². The fraction of sp³-hybridized carbons (Fsp3) is 0.500. The number of thioether (sulfide) groups is 1. The van der Waals surface area contributed by atoms with Crippen LogP contribution in [-0.2, 0) is 0 Å². The van der Waals surface area contributed by atoms with Crippen LogP contribution in [0, 0.1) is 6.92 Å². The van der Waals surface area contributed by atoms with Crippen molar-refractivity contribution < 1.29 is 0 Å². The molecule has 1 aromatic carbocycles. The summed E-state index contributed by atoms with van der Waals surface area (Å²) in [6.45, 7) is 4.39. The Balaban J connectivity index is 2.13. The van der Waals surface area contributed by atoms with Gasteiger partial charge in [0.2, 0.25) is 0 Å². The SMILES string of the molecule is CCC1CSC(c2ccc(Br)c(C)c2)N1. The molecule has 1 N–H and O–H groups in total. The minimum absolute atomic E-state index is 0.488. The molecular weight excluding hydrogens is 270 g/mol. The summed E-state index contributed by atoms with van der Waals surface area (Å²) in [6.07, 6.45) is 1.22. The summed E-state index contributed by atoms with van der Waals surface area (Å²) in [5.41, 5.74) is 2.71. The lowest BCUT2D eigenvalue weighted by atomic mass is 10.1. The minimum Gasteiger partial charge on any atom is -0.298 e. The van der Waals surface area contributed by atoms with E-state index in [1.54, 1.807) is 0 Å². The van der Waals surface area contributed by atoms with E-state index < -0.39 is 0 Å². The Labute approximate surface area is 104 Å². The van der Waals surface area contributed by atoms with Crippen molar-refractivity contribution in [3.05, 3.63) is 33.8 Å². The van der Waals surface area contributed by atoms with Gasteiger partial charge in [0.25, 0.3) is 0 Å². The van der Waals surface area contributed by atoms with Crippen LogP contribution in [0.15, 0.2) is 22.7 Å². The average Bonchev–Trinajstić information content (AvgIpc) is 2.70. The Kier molecular flexibility index (Phi) is 3.75. The van der Waals surface area contributed by atoms with E-state index in [1.165, 1.54) is 27.8 Å². The van der Waals surface area contributed by atoms with Crippen molar-refractivity contribution in [3.8, 4) is 0 Å². The smallest absolute Gasteiger partial charge is 0.0792 e. The highest BCUT2D eigenvalue weighted by atomic mass is 79.9. The Morgan fingerprint density at radius 1 is 1.53 bits per heavy atom. The second kappa shape index (κ2) is 4.89. The van der Waals surface area contributed by atoms with Gasteiger partial charge in [0.1, 0.15) is 0 Å². The number of rotatable bonds is 2. The molecule has 1 aliphatic heterocycles. The maximum Gasteiger partial charge on any atom is 0.0792 e. The monoisotopic (exact) mass is 285 g/mol. The van der Waals surface area contributed by atoms with Gasteiger partial charge in [-0.05, 0) is 30.5 Å². The predicted octanol–water partition coefficient (Wildman–Crippen LogP) is 3.87. The number of hydrogen-bond donors (Lipinski definition) is 1. The fourth-order valence-corrected chi connectivity index (χ4v) is 3.41. The highest BCUT2D eigenvalue weighted by Crippen LogP contribution is 2.34. The molecule has 1 heterocycles. The van der Waals surface area contributed by atoms with Gasteiger partial charge in [-0.2, -0.15) is 0 Å². The van der Waals surface area contributed by atoms with Crippen LogP contribution >= 0.6 is 27.7 Å². The van der Waals surface area contributed by atoms with Gasteiger partial charge >= 0.3 is 0 Å². The normalized spacial score (nSPS) is 25.8. The van der Waals surface area contributed by atoms with Crippen molar-refractivity contribution in [1.29, 1.82) is 0 Å². The zero-order valence-corrected chi connectivity index (χ0v) is 11.5. The van der Waals surface area contributed by atoms with E-state index in [1.807, 2.05) is 11.8 Å². The maximum absolute atomic E-state index is 3.65. The molecule has 0 bridgehead atoms. The molecule has 0 radical (unpaired) electrons. The molecule has 1 fully saturated rings. The van der Waals surface area contributed by atoms with Crippen LogP contribution in [0.2, 0.25) is 0 Å². The first kappa shape index (κ1) is 11.5. The van der Waals surface area contributed by atoms with Gasteiger partial charge in [-0.15, -0.1) is 11.8 Å². The van der Waals surface area contributed by atoms with Crippen LogP contribution in [0.25, 0.3) is 0 Å². The molecule has 0 saturated carbocycles. The zero-order chi connectivity index (χ0) is 10.8. The van der Waals surface area contributed by atoms with Crippen LogP contribution in [0.1, 0.15) is 29.8 Å². The first-order valence-electron chi connectivity index (χ1n) is 5.34. The molecule has 0 aromatic heterocycles. The molecule has 82 valence electrons. The lowest BCUT2D eigenvalue weighted by Gasteiger charge is -2.13. The second-order valence-corrected chi connectivity index (χ2v) is 5.99. The highest BCUT2D eigenvalue weighted by Gasteiger charge is 2.24. The van der Waals surface area contributed by atoms with Crippen LogP contribution in [0.3, 0.4) is 0 Å². The van der Waals surface area contributed by atoms with Gasteiger partial charge in [0.15, 0.2) is 0 Å². The van der Waals surface area contributed by atoms with Crippen LogP contribution < -0.4 is 5.32 Å². The van der Waals surface area contributed by atoms with Crippen molar-refractivity contribution >= 4 is 27.7 Å². The van der Waals surface area contributed by atoms with Crippen LogP contribution in [0.5, 0.6) is 0 Å². The van der Waals surface area contributed by atoms with E-state index in [4.69, 9.17) is 0 Å². The number of nitrogens with one attached hydrogen (secondary N) is 1. The van der Waals surface area contributed by atoms with E-state index in [0.717, 1.165) is 0 Å². The lowest BCUT2D eigenvalue weighted by Crippen LogP contribution is -2.24. The molecule has 0 aliphatic carbocycles. The van der Waals surface area contributed by atoms with E-state index in [0.29, 0.717) is 11.4 Å². The van der Waals surface area contributed by atoms with Crippen molar-refractivity contribution in [3.63, 3.8) is 0 Å². The van der Waals surface area contributed by atoms with E-state index >= 15 is 0 Å². The van der Waals surface area contributed by atoms with Crippen LogP contribution in [-0.4, -0.2) is 11.8 Å². The molecule has 1 saturated heterocycles. The third-order valence-electron chi connectivity index (χ3n) is 2.83. The first-order valence-corrected chi connectivity index (χ1v) is 7.18. The number of hydrogen-bond acceptors (Lipinski definition) is 2. The van der Waals surface area contributed by atoms with Gasteiger partial charge in [-0.1, -0.05) is 35.0 Å². The minimum atomic E-state index is 0.488. The van der Waals surface area contributed by atoms with Gasteiger partial charge in [-0.25, -0.2) is 0 Å². The van der Waals surface area contributed by atoms with E-state index in [-0.39, 0.29) is 0 Å². The highest BCUT2D eigenvalue weighted by molar-refractivity contribution is 9.10. The molecule has 1 aromatic rings. The fourth-order valence-electron chi connectivity index (χ4n) is 1.78. The molecule has 1 aliphatic rings. The summed E-state index contributed by atoms with van der Waals surface area (Å²) in [5.74, 6) is 1.23. The zero-order valence-electron chi connectivity index (χ0n) is 9.09. The van der Waals surface area contributed by atoms with Crippen molar-refractivity contribution in [2.24, 2.45) is 0 Å². The van der Waals surface area contributed by atoms with Crippen molar-refractivity contribution in [2.45, 2.75) is 31.7 Å². The summed E-state index contributed by atoms with van der Waals surface area (Å²) in [4.78, 5) is 0. The van der Waals surface area contributed by atoms with Crippen molar-refractivity contribution in [1.82, 2.24) is 5.32 Å². The summed E-state index contributed by atoms with van der Waals surface area (Å²) >= 11 is 5.55. The number of aryl methyl sites for hydroxylation is 1. The number of halogens is 1. The molecule has 15 heavy (non-hydrogen) atoms. The summed E-state index contributed by atoms with van der Waals surface area (Å²) in [5, 5.41) is 4.14. The maximum atomic E-state index is 3.65.